The van der Waals surface area contributed by atoms with Crippen LogP contribution in [0, 0.1) is 27.7 Å². The zero-order valence-corrected chi connectivity index (χ0v) is 15.2. The zero-order valence-electron chi connectivity index (χ0n) is 14.4. The summed E-state index contributed by atoms with van der Waals surface area (Å²) in [6.07, 6.45) is 2.02. The maximum Gasteiger partial charge on any atom is 0.213 e. The van der Waals surface area contributed by atoms with Crippen molar-refractivity contribution < 1.29 is 5.11 Å². The third kappa shape index (κ3) is 2.58. The van der Waals surface area contributed by atoms with Crippen LogP contribution in [0.15, 0.2) is 6.07 Å². The number of fused-ring (bicyclic) bond motifs is 1. The van der Waals surface area contributed by atoms with E-state index in [4.69, 9.17) is 4.98 Å². The number of aryl methyl sites for hydroxylation is 3. The van der Waals surface area contributed by atoms with Crippen LogP contribution < -0.4 is 0 Å². The molecule has 5 heteroatoms. The molecule has 23 heavy (non-hydrogen) atoms. The van der Waals surface area contributed by atoms with Gasteiger partial charge in [0.2, 0.25) is 4.96 Å². The first-order valence-corrected chi connectivity index (χ1v) is 8.85. The Morgan fingerprint density at radius 1 is 1.13 bits per heavy atom. The standard InChI is InChI=1S/C18H23N3OS/c1-6-7-15-20-21-14(9-22)17(19-18(21)23-15)16-12(4)10(2)8-11(3)13(16)5/h8,22H,6-7,9H2,1-5H3. The third-order valence-corrected chi connectivity index (χ3v) is 5.52. The summed E-state index contributed by atoms with van der Waals surface area (Å²) in [7, 11) is 0. The van der Waals surface area contributed by atoms with Crippen LogP contribution in [0.4, 0.5) is 0 Å². The van der Waals surface area contributed by atoms with Gasteiger partial charge in [0, 0.05) is 12.0 Å². The van der Waals surface area contributed by atoms with Crippen LogP contribution in [0.5, 0.6) is 0 Å². The first kappa shape index (κ1) is 16.1. The number of rotatable bonds is 4. The van der Waals surface area contributed by atoms with Gasteiger partial charge in [0.1, 0.15) is 5.01 Å². The van der Waals surface area contributed by atoms with Gasteiger partial charge in [-0.1, -0.05) is 24.3 Å². The third-order valence-electron chi connectivity index (χ3n) is 4.55. The van der Waals surface area contributed by atoms with Crippen molar-refractivity contribution in [3.63, 3.8) is 0 Å². The average molecular weight is 329 g/mol. The number of aliphatic hydroxyl groups is 1. The molecule has 3 rings (SSSR count). The first-order valence-electron chi connectivity index (χ1n) is 8.03. The summed E-state index contributed by atoms with van der Waals surface area (Å²) in [5.41, 5.74) is 7.75. The number of nitrogens with zero attached hydrogens (tertiary/aromatic N) is 3. The molecular formula is C18H23N3OS. The van der Waals surface area contributed by atoms with Crippen LogP contribution in [0.25, 0.3) is 16.2 Å². The monoisotopic (exact) mass is 329 g/mol. The van der Waals surface area contributed by atoms with E-state index in [1.807, 2.05) is 4.52 Å². The van der Waals surface area contributed by atoms with Crippen molar-refractivity contribution >= 4 is 16.3 Å². The summed E-state index contributed by atoms with van der Waals surface area (Å²) in [6.45, 7) is 10.6. The van der Waals surface area contributed by atoms with Crippen LogP contribution in [0.3, 0.4) is 0 Å². The summed E-state index contributed by atoms with van der Waals surface area (Å²) in [6, 6.07) is 2.21. The Labute approximate surface area is 140 Å². The predicted molar refractivity (Wildman–Crippen MR) is 95.2 cm³/mol. The normalized spacial score (nSPS) is 11.6. The fraction of sp³-hybridized carbons (Fsp3) is 0.444. The highest BCUT2D eigenvalue weighted by Crippen LogP contribution is 2.34. The van der Waals surface area contributed by atoms with Gasteiger partial charge in [-0.05, 0) is 56.4 Å². The van der Waals surface area contributed by atoms with Crippen molar-refractivity contribution in [2.45, 2.75) is 54.1 Å². The number of aromatic nitrogens is 3. The van der Waals surface area contributed by atoms with Gasteiger partial charge in [-0.25, -0.2) is 9.50 Å². The van der Waals surface area contributed by atoms with Gasteiger partial charge in [-0.2, -0.15) is 5.10 Å². The minimum Gasteiger partial charge on any atom is -0.390 e. The minimum absolute atomic E-state index is 0.0579. The van der Waals surface area contributed by atoms with Crippen molar-refractivity contribution in [2.24, 2.45) is 0 Å². The molecule has 0 saturated heterocycles. The number of hydrogen-bond acceptors (Lipinski definition) is 4. The van der Waals surface area contributed by atoms with Crippen molar-refractivity contribution in [3.05, 3.63) is 39.0 Å². The van der Waals surface area contributed by atoms with E-state index in [9.17, 15) is 5.11 Å². The lowest BCUT2D eigenvalue weighted by Gasteiger charge is -2.14. The molecule has 0 aliphatic carbocycles. The molecule has 1 aromatic carbocycles. The maximum absolute atomic E-state index is 9.93. The SMILES string of the molecule is CCCc1nn2c(CO)c(-c3c(C)c(C)cc(C)c3C)nc2s1. The zero-order chi connectivity index (χ0) is 16.7. The molecule has 0 unspecified atom stereocenters. The smallest absolute Gasteiger partial charge is 0.213 e. The summed E-state index contributed by atoms with van der Waals surface area (Å²) >= 11 is 1.62. The average Bonchev–Trinajstić information content (AvgIpc) is 3.03. The largest absolute Gasteiger partial charge is 0.390 e. The van der Waals surface area contributed by atoms with Crippen LogP contribution >= 0.6 is 11.3 Å². The molecule has 0 spiro atoms. The molecule has 0 aliphatic heterocycles. The quantitative estimate of drug-likeness (QED) is 0.783. The molecule has 0 atom stereocenters. The molecule has 2 aromatic heterocycles. The van der Waals surface area contributed by atoms with Gasteiger partial charge >= 0.3 is 0 Å². The van der Waals surface area contributed by atoms with Gasteiger partial charge in [0.15, 0.2) is 0 Å². The van der Waals surface area contributed by atoms with Crippen molar-refractivity contribution in [3.8, 4) is 11.3 Å². The van der Waals surface area contributed by atoms with E-state index < -0.39 is 0 Å². The molecule has 0 bridgehead atoms. The van der Waals surface area contributed by atoms with E-state index in [2.05, 4.69) is 45.8 Å². The summed E-state index contributed by atoms with van der Waals surface area (Å²) in [5, 5.41) is 15.6. The second kappa shape index (κ2) is 6.06. The van der Waals surface area contributed by atoms with E-state index in [1.165, 1.54) is 22.3 Å². The maximum atomic E-state index is 9.93. The van der Waals surface area contributed by atoms with Crippen LogP contribution in [0.2, 0.25) is 0 Å². The Hall–Kier alpha value is -1.72. The lowest BCUT2D eigenvalue weighted by molar-refractivity contribution is 0.275. The molecule has 0 saturated carbocycles. The van der Waals surface area contributed by atoms with Gasteiger partial charge in [-0.3, -0.25) is 0 Å². The Morgan fingerprint density at radius 2 is 1.78 bits per heavy atom. The Bertz CT molecular complexity index is 850. The summed E-state index contributed by atoms with van der Waals surface area (Å²) in [4.78, 5) is 5.69. The lowest BCUT2D eigenvalue weighted by Crippen LogP contribution is -2.00. The highest BCUT2D eigenvalue weighted by Gasteiger charge is 2.21. The summed E-state index contributed by atoms with van der Waals surface area (Å²) < 4.78 is 1.82. The van der Waals surface area contributed by atoms with Crippen LogP contribution in [0.1, 0.15) is 46.3 Å². The minimum atomic E-state index is -0.0579. The molecule has 3 aromatic rings. The van der Waals surface area contributed by atoms with Gasteiger partial charge in [-0.15, -0.1) is 0 Å². The Balaban J connectivity index is 2.27. The molecule has 2 heterocycles. The lowest BCUT2D eigenvalue weighted by atomic mass is 9.91. The van der Waals surface area contributed by atoms with E-state index in [0.29, 0.717) is 0 Å². The van der Waals surface area contributed by atoms with Crippen LogP contribution in [-0.2, 0) is 13.0 Å². The first-order chi connectivity index (χ1) is 11.0. The molecule has 0 amide bonds. The van der Waals surface area contributed by atoms with E-state index in [1.54, 1.807) is 11.3 Å². The molecular weight excluding hydrogens is 306 g/mol. The van der Waals surface area contributed by atoms with Gasteiger partial charge in [0.05, 0.1) is 18.0 Å². The van der Waals surface area contributed by atoms with Gasteiger partial charge in [0.25, 0.3) is 0 Å². The van der Waals surface area contributed by atoms with E-state index in [0.717, 1.165) is 39.8 Å². The van der Waals surface area contributed by atoms with Crippen molar-refractivity contribution in [1.29, 1.82) is 0 Å². The number of aliphatic hydroxyl groups excluding tert-OH is 1. The number of benzene rings is 1. The van der Waals surface area contributed by atoms with E-state index in [-0.39, 0.29) is 6.61 Å². The fourth-order valence-electron chi connectivity index (χ4n) is 3.06. The Morgan fingerprint density at radius 3 is 2.35 bits per heavy atom. The molecule has 1 N–H and O–H groups in total. The summed E-state index contributed by atoms with van der Waals surface area (Å²) in [5.74, 6) is 0. The molecule has 0 radical (unpaired) electrons. The topological polar surface area (TPSA) is 50.4 Å². The number of hydrogen-bond donors (Lipinski definition) is 1. The molecule has 0 aliphatic rings. The second-order valence-electron chi connectivity index (χ2n) is 6.14. The number of imidazole rings is 1. The molecule has 4 nitrogen and oxygen atoms in total. The van der Waals surface area contributed by atoms with E-state index >= 15 is 0 Å². The molecule has 122 valence electrons. The van der Waals surface area contributed by atoms with Crippen molar-refractivity contribution in [2.75, 3.05) is 0 Å². The van der Waals surface area contributed by atoms with Crippen LogP contribution in [-0.4, -0.2) is 19.7 Å². The van der Waals surface area contributed by atoms with Crippen molar-refractivity contribution in [1.82, 2.24) is 14.6 Å². The molecule has 0 fully saturated rings. The van der Waals surface area contributed by atoms with Gasteiger partial charge < -0.3 is 5.11 Å². The second-order valence-corrected chi connectivity index (χ2v) is 7.18. The highest BCUT2D eigenvalue weighted by atomic mass is 32.1. The highest BCUT2D eigenvalue weighted by molar-refractivity contribution is 7.16. The predicted octanol–water partition coefficient (Wildman–Crippen LogP) is 4.14. The fourth-order valence-corrected chi connectivity index (χ4v) is 4.07. The Kier molecular flexibility index (Phi) is 4.25.